The molecule has 0 unspecified atom stereocenters. The summed E-state index contributed by atoms with van der Waals surface area (Å²) in [6, 6.07) is 1.03. The molecule has 3 rings (SSSR count). The van der Waals surface area contributed by atoms with E-state index in [1.165, 1.54) is 25.6 Å². The summed E-state index contributed by atoms with van der Waals surface area (Å²) in [5.74, 6) is 1.06. The number of anilines is 1. The van der Waals surface area contributed by atoms with Crippen LogP contribution in [-0.4, -0.2) is 75.7 Å². The molecular weight excluding hydrogens is 280 g/mol. The average Bonchev–Trinajstić information content (AvgIpc) is 3.05. The highest BCUT2D eigenvalue weighted by molar-refractivity contribution is 5.78. The summed E-state index contributed by atoms with van der Waals surface area (Å²) in [5, 5.41) is 6.76. The van der Waals surface area contributed by atoms with E-state index in [2.05, 4.69) is 38.8 Å². The van der Waals surface area contributed by atoms with Gasteiger partial charge in [-0.2, -0.15) is 10.1 Å². The van der Waals surface area contributed by atoms with E-state index in [4.69, 9.17) is 0 Å². The van der Waals surface area contributed by atoms with Gasteiger partial charge >= 0.3 is 0 Å². The minimum atomic E-state index is 0.262. The molecule has 0 bridgehead atoms. The number of amides is 1. The number of nitrogens with one attached hydrogen (secondary N) is 1. The highest BCUT2D eigenvalue weighted by Gasteiger charge is 2.29. The summed E-state index contributed by atoms with van der Waals surface area (Å²) >= 11 is 0. The third-order valence-electron chi connectivity index (χ3n) is 5.03. The van der Waals surface area contributed by atoms with Gasteiger partial charge in [-0.3, -0.25) is 9.69 Å². The van der Waals surface area contributed by atoms with E-state index in [1.54, 1.807) is 0 Å². The van der Waals surface area contributed by atoms with Gasteiger partial charge in [0.25, 0.3) is 0 Å². The number of aromatic amines is 1. The van der Waals surface area contributed by atoms with Crippen LogP contribution in [0.2, 0.25) is 0 Å². The number of carbonyl (C=O) groups is 1. The zero-order valence-corrected chi connectivity index (χ0v) is 13.5. The van der Waals surface area contributed by atoms with E-state index in [-0.39, 0.29) is 5.91 Å². The lowest BCUT2D eigenvalue weighted by Crippen LogP contribution is -2.54. The summed E-state index contributed by atoms with van der Waals surface area (Å²) in [6.45, 7) is 8.19. The van der Waals surface area contributed by atoms with Crippen LogP contribution in [0.5, 0.6) is 0 Å². The standard InChI is InChI=1S/C15H26N6O/c1-12-4-3-5-13(2)21(12)10-14(22)19-6-8-20(9-7-19)15-16-11-17-18-15/h11-13H,3-10H2,1-2H3,(H,16,17,18)/t12-,13+. The van der Waals surface area contributed by atoms with E-state index in [0.29, 0.717) is 18.6 Å². The molecule has 3 heterocycles. The number of rotatable bonds is 3. The topological polar surface area (TPSA) is 68.4 Å². The number of piperidine rings is 1. The van der Waals surface area contributed by atoms with E-state index < -0.39 is 0 Å². The molecule has 2 fully saturated rings. The number of likely N-dealkylation sites (tertiary alicyclic amines) is 1. The molecule has 0 saturated carbocycles. The Morgan fingerprint density at radius 1 is 1.23 bits per heavy atom. The number of carbonyl (C=O) groups excluding carboxylic acids is 1. The third kappa shape index (κ3) is 3.24. The van der Waals surface area contributed by atoms with Crippen molar-refractivity contribution in [2.75, 3.05) is 37.6 Å². The number of piperazine rings is 1. The molecule has 1 N–H and O–H groups in total. The molecule has 7 heteroatoms. The van der Waals surface area contributed by atoms with Gasteiger partial charge in [-0.15, -0.1) is 0 Å². The Morgan fingerprint density at radius 3 is 2.50 bits per heavy atom. The van der Waals surface area contributed by atoms with Crippen LogP contribution < -0.4 is 4.90 Å². The molecule has 0 spiro atoms. The summed E-state index contributed by atoms with van der Waals surface area (Å²) < 4.78 is 0. The zero-order valence-electron chi connectivity index (χ0n) is 13.5. The van der Waals surface area contributed by atoms with Crippen molar-refractivity contribution in [2.24, 2.45) is 0 Å². The Kier molecular flexibility index (Phi) is 4.61. The first-order chi connectivity index (χ1) is 10.6. The fourth-order valence-corrected chi connectivity index (χ4v) is 3.56. The first-order valence-corrected chi connectivity index (χ1v) is 8.29. The van der Waals surface area contributed by atoms with Gasteiger partial charge in [0, 0.05) is 38.3 Å². The minimum Gasteiger partial charge on any atom is -0.338 e. The number of hydrogen-bond donors (Lipinski definition) is 1. The molecule has 2 aliphatic rings. The molecule has 2 aliphatic heterocycles. The van der Waals surface area contributed by atoms with Crippen molar-refractivity contribution in [1.82, 2.24) is 25.0 Å². The fraction of sp³-hybridized carbons (Fsp3) is 0.800. The second-order valence-electron chi connectivity index (χ2n) is 6.48. The van der Waals surface area contributed by atoms with Crippen molar-refractivity contribution in [3.63, 3.8) is 0 Å². The second-order valence-corrected chi connectivity index (χ2v) is 6.48. The van der Waals surface area contributed by atoms with Gasteiger partial charge < -0.3 is 9.80 Å². The van der Waals surface area contributed by atoms with Gasteiger partial charge in [0.15, 0.2) is 0 Å². The number of aromatic nitrogens is 3. The molecule has 1 aromatic rings. The van der Waals surface area contributed by atoms with Crippen LogP contribution in [0.1, 0.15) is 33.1 Å². The molecule has 122 valence electrons. The van der Waals surface area contributed by atoms with Gasteiger partial charge in [0.05, 0.1) is 6.54 Å². The first-order valence-electron chi connectivity index (χ1n) is 8.29. The van der Waals surface area contributed by atoms with Crippen molar-refractivity contribution in [3.8, 4) is 0 Å². The van der Waals surface area contributed by atoms with Crippen molar-refractivity contribution >= 4 is 11.9 Å². The van der Waals surface area contributed by atoms with Crippen LogP contribution in [0.15, 0.2) is 6.33 Å². The number of H-pyrrole nitrogens is 1. The zero-order chi connectivity index (χ0) is 15.5. The SMILES string of the molecule is C[C@@H]1CCC[C@H](C)N1CC(=O)N1CCN(c2ncn[nH]2)CC1. The van der Waals surface area contributed by atoms with E-state index in [0.717, 1.165) is 32.1 Å². The average molecular weight is 306 g/mol. The first kappa shape index (κ1) is 15.3. The maximum absolute atomic E-state index is 12.6. The van der Waals surface area contributed by atoms with Gasteiger partial charge in [0.2, 0.25) is 11.9 Å². The molecule has 7 nitrogen and oxygen atoms in total. The van der Waals surface area contributed by atoms with Crippen LogP contribution in [0.4, 0.5) is 5.95 Å². The van der Waals surface area contributed by atoms with Crippen molar-refractivity contribution < 1.29 is 4.79 Å². The van der Waals surface area contributed by atoms with E-state index in [9.17, 15) is 4.79 Å². The summed E-state index contributed by atoms with van der Waals surface area (Å²) in [4.78, 5) is 23.2. The monoisotopic (exact) mass is 306 g/mol. The van der Waals surface area contributed by atoms with Crippen molar-refractivity contribution in [2.45, 2.75) is 45.2 Å². The molecular formula is C15H26N6O. The summed E-state index contributed by atoms with van der Waals surface area (Å²) in [5.41, 5.74) is 0. The maximum Gasteiger partial charge on any atom is 0.236 e. The highest BCUT2D eigenvalue weighted by Crippen LogP contribution is 2.22. The molecule has 2 atom stereocenters. The van der Waals surface area contributed by atoms with Gasteiger partial charge in [-0.25, -0.2) is 5.10 Å². The van der Waals surface area contributed by atoms with Crippen LogP contribution in [0.25, 0.3) is 0 Å². The molecule has 2 saturated heterocycles. The van der Waals surface area contributed by atoms with Crippen molar-refractivity contribution in [3.05, 3.63) is 6.33 Å². The Hall–Kier alpha value is -1.63. The smallest absolute Gasteiger partial charge is 0.236 e. The predicted octanol–water partition coefficient (Wildman–Crippen LogP) is 0.716. The molecule has 0 radical (unpaired) electrons. The Labute approximate surface area is 131 Å². The summed E-state index contributed by atoms with van der Waals surface area (Å²) in [6.07, 6.45) is 5.21. The Balaban J connectivity index is 1.51. The lowest BCUT2D eigenvalue weighted by molar-refractivity contribution is -0.134. The normalized spacial score (nSPS) is 27.2. The van der Waals surface area contributed by atoms with Crippen LogP contribution in [0.3, 0.4) is 0 Å². The van der Waals surface area contributed by atoms with E-state index in [1.807, 2.05) is 4.90 Å². The largest absolute Gasteiger partial charge is 0.338 e. The fourth-order valence-electron chi connectivity index (χ4n) is 3.56. The van der Waals surface area contributed by atoms with Gasteiger partial charge in [-0.05, 0) is 26.7 Å². The van der Waals surface area contributed by atoms with Gasteiger partial charge in [0.1, 0.15) is 6.33 Å². The Bertz CT molecular complexity index is 472. The lowest BCUT2D eigenvalue weighted by Gasteiger charge is -2.40. The van der Waals surface area contributed by atoms with Crippen LogP contribution in [-0.2, 0) is 4.79 Å². The van der Waals surface area contributed by atoms with Crippen LogP contribution in [0, 0.1) is 0 Å². The predicted molar refractivity (Wildman–Crippen MR) is 84.7 cm³/mol. The highest BCUT2D eigenvalue weighted by atomic mass is 16.2. The Morgan fingerprint density at radius 2 is 1.91 bits per heavy atom. The molecule has 0 aliphatic carbocycles. The lowest BCUT2D eigenvalue weighted by atomic mass is 9.97. The molecule has 1 aromatic heterocycles. The maximum atomic E-state index is 12.6. The number of nitrogens with zero attached hydrogens (tertiary/aromatic N) is 5. The third-order valence-corrected chi connectivity index (χ3v) is 5.03. The molecule has 1 amide bonds. The van der Waals surface area contributed by atoms with Crippen LogP contribution >= 0.6 is 0 Å². The van der Waals surface area contributed by atoms with Gasteiger partial charge in [-0.1, -0.05) is 6.42 Å². The number of hydrogen-bond acceptors (Lipinski definition) is 5. The molecule has 0 aromatic carbocycles. The summed E-state index contributed by atoms with van der Waals surface area (Å²) in [7, 11) is 0. The quantitative estimate of drug-likeness (QED) is 0.891. The second kappa shape index (κ2) is 6.64. The molecule has 22 heavy (non-hydrogen) atoms. The van der Waals surface area contributed by atoms with E-state index >= 15 is 0 Å². The van der Waals surface area contributed by atoms with Crippen molar-refractivity contribution in [1.29, 1.82) is 0 Å². The minimum absolute atomic E-state index is 0.262.